The van der Waals surface area contributed by atoms with Crippen LogP contribution < -0.4 is 9.88 Å². The van der Waals surface area contributed by atoms with Gasteiger partial charge in [-0.15, -0.1) is 0 Å². The number of esters is 1. The van der Waals surface area contributed by atoms with E-state index in [1.54, 1.807) is 0 Å². The number of primary sulfonamides is 1. The molecule has 1 aromatic carbocycles. The molecule has 0 spiro atoms. The molecule has 0 aromatic heterocycles. The lowest BCUT2D eigenvalue weighted by Gasteiger charge is -2.11. The smallest absolute Gasteiger partial charge is 0.338 e. The van der Waals surface area contributed by atoms with E-state index in [4.69, 9.17) is 14.6 Å². The van der Waals surface area contributed by atoms with Gasteiger partial charge in [0, 0.05) is 0 Å². The molecule has 0 fully saturated rings. The van der Waals surface area contributed by atoms with Gasteiger partial charge in [-0.25, -0.2) is 18.4 Å². The summed E-state index contributed by atoms with van der Waals surface area (Å²) in [6.45, 7) is 2.11. The number of carbonyl (C=O) groups is 1. The van der Waals surface area contributed by atoms with Crippen LogP contribution in [0.2, 0.25) is 0 Å². The Morgan fingerprint density at radius 2 is 2.05 bits per heavy atom. The Balaban J connectivity index is 3.32. The van der Waals surface area contributed by atoms with Gasteiger partial charge in [-0.3, -0.25) is 0 Å². The van der Waals surface area contributed by atoms with Gasteiger partial charge >= 0.3 is 5.97 Å². The summed E-state index contributed by atoms with van der Waals surface area (Å²) in [6, 6.07) is 2.56. The van der Waals surface area contributed by atoms with Crippen LogP contribution in [-0.2, 0) is 14.8 Å². The second-order valence-electron chi connectivity index (χ2n) is 3.67. The molecule has 106 valence electrons. The molecule has 0 radical (unpaired) electrons. The van der Waals surface area contributed by atoms with Gasteiger partial charge in [-0.05, 0) is 34.5 Å². The van der Waals surface area contributed by atoms with E-state index in [0.29, 0.717) is 10.9 Å². The molecule has 0 heterocycles. The maximum Gasteiger partial charge on any atom is 0.338 e. The summed E-state index contributed by atoms with van der Waals surface area (Å²) in [4.78, 5) is 11.4. The molecule has 0 saturated carbocycles. The number of halogens is 1. The third kappa shape index (κ3) is 3.92. The summed E-state index contributed by atoms with van der Waals surface area (Å²) >= 11 is 3.13. The molecule has 19 heavy (non-hydrogen) atoms. The highest BCUT2D eigenvalue weighted by molar-refractivity contribution is 9.10. The first-order valence-corrected chi connectivity index (χ1v) is 7.72. The van der Waals surface area contributed by atoms with Crippen LogP contribution in [0.1, 0.15) is 23.7 Å². The van der Waals surface area contributed by atoms with Crippen molar-refractivity contribution < 1.29 is 22.7 Å². The quantitative estimate of drug-likeness (QED) is 0.814. The van der Waals surface area contributed by atoms with Crippen LogP contribution in [0.25, 0.3) is 0 Å². The molecule has 0 atom stereocenters. The van der Waals surface area contributed by atoms with E-state index in [1.807, 2.05) is 6.92 Å². The number of rotatable bonds is 5. The van der Waals surface area contributed by atoms with Gasteiger partial charge in [0.15, 0.2) is 5.75 Å². The molecule has 0 amide bonds. The Labute approximate surface area is 120 Å². The summed E-state index contributed by atoms with van der Waals surface area (Å²) < 4.78 is 33.2. The Kier molecular flexibility index (Phi) is 5.33. The summed E-state index contributed by atoms with van der Waals surface area (Å²) in [6.07, 6.45) is 0.672. The fraction of sp³-hybridized carbons (Fsp3) is 0.364. The Bertz CT molecular complexity index is 585. The predicted molar refractivity (Wildman–Crippen MR) is 72.6 cm³/mol. The molecular weight excluding hydrogens is 338 g/mol. The number of methoxy groups -OCH3 is 1. The average Bonchev–Trinajstić information content (AvgIpc) is 2.33. The first kappa shape index (κ1) is 15.9. The second kappa shape index (κ2) is 6.36. The van der Waals surface area contributed by atoms with E-state index in [2.05, 4.69) is 15.9 Å². The van der Waals surface area contributed by atoms with Crippen molar-refractivity contribution in [3.05, 3.63) is 22.2 Å². The van der Waals surface area contributed by atoms with Crippen LogP contribution in [-0.4, -0.2) is 28.1 Å². The van der Waals surface area contributed by atoms with Crippen molar-refractivity contribution in [3.8, 4) is 5.75 Å². The molecule has 2 N–H and O–H groups in total. The number of hydrogen-bond acceptors (Lipinski definition) is 5. The molecule has 0 saturated heterocycles. The monoisotopic (exact) mass is 351 g/mol. The molecule has 1 aromatic rings. The van der Waals surface area contributed by atoms with E-state index in [-0.39, 0.29) is 22.8 Å². The standard InChI is InChI=1S/C11H14BrNO5S/c1-3-4-18-11(14)7-5-8(12)10(17-2)9(6-7)19(13,15)16/h5-6H,3-4H2,1-2H3,(H2,13,15,16). The maximum atomic E-state index is 11.7. The molecule has 8 heteroatoms. The van der Waals surface area contributed by atoms with Crippen LogP contribution in [0.15, 0.2) is 21.5 Å². The Morgan fingerprint density at radius 3 is 2.53 bits per heavy atom. The zero-order valence-electron chi connectivity index (χ0n) is 10.5. The summed E-state index contributed by atoms with van der Waals surface area (Å²) in [5.74, 6) is -0.565. The van der Waals surface area contributed by atoms with Crippen LogP contribution in [0.4, 0.5) is 0 Å². The third-order valence-corrected chi connectivity index (χ3v) is 3.70. The lowest BCUT2D eigenvalue weighted by molar-refractivity contribution is 0.0504. The SMILES string of the molecule is CCCOC(=O)c1cc(Br)c(OC)c(S(N)(=O)=O)c1. The molecule has 0 unspecified atom stereocenters. The minimum Gasteiger partial charge on any atom is -0.494 e. The van der Waals surface area contributed by atoms with E-state index < -0.39 is 16.0 Å². The van der Waals surface area contributed by atoms with Crippen molar-refractivity contribution in [1.29, 1.82) is 0 Å². The Morgan fingerprint density at radius 1 is 1.42 bits per heavy atom. The number of nitrogens with two attached hydrogens (primary N) is 1. The van der Waals surface area contributed by atoms with E-state index in [1.165, 1.54) is 13.2 Å². The average molecular weight is 352 g/mol. The number of hydrogen-bond donors (Lipinski definition) is 1. The van der Waals surface area contributed by atoms with Crippen molar-refractivity contribution >= 4 is 31.9 Å². The van der Waals surface area contributed by atoms with Gasteiger partial charge in [-0.2, -0.15) is 0 Å². The van der Waals surface area contributed by atoms with E-state index in [0.717, 1.165) is 6.07 Å². The lowest BCUT2D eigenvalue weighted by Crippen LogP contribution is -2.15. The first-order valence-electron chi connectivity index (χ1n) is 5.38. The van der Waals surface area contributed by atoms with Crippen molar-refractivity contribution in [3.63, 3.8) is 0 Å². The highest BCUT2D eigenvalue weighted by atomic mass is 79.9. The minimum absolute atomic E-state index is 0.0505. The maximum absolute atomic E-state index is 11.7. The first-order chi connectivity index (χ1) is 8.81. The van der Waals surface area contributed by atoms with Gasteiger partial charge < -0.3 is 9.47 Å². The van der Waals surface area contributed by atoms with Crippen molar-refractivity contribution in [1.82, 2.24) is 0 Å². The summed E-state index contributed by atoms with van der Waals surface area (Å²) in [5.41, 5.74) is 0.0881. The van der Waals surface area contributed by atoms with Crippen LogP contribution >= 0.6 is 15.9 Å². The van der Waals surface area contributed by atoms with E-state index >= 15 is 0 Å². The van der Waals surface area contributed by atoms with Gasteiger partial charge in [-0.1, -0.05) is 6.92 Å². The molecular formula is C11H14BrNO5S. The van der Waals surface area contributed by atoms with Crippen molar-refractivity contribution in [2.75, 3.05) is 13.7 Å². The number of carbonyl (C=O) groups excluding carboxylic acids is 1. The highest BCUT2D eigenvalue weighted by Crippen LogP contribution is 2.33. The molecule has 0 aliphatic heterocycles. The topological polar surface area (TPSA) is 95.7 Å². The van der Waals surface area contributed by atoms with E-state index in [9.17, 15) is 13.2 Å². The number of benzene rings is 1. The van der Waals surface area contributed by atoms with Gasteiger partial charge in [0.25, 0.3) is 0 Å². The van der Waals surface area contributed by atoms with Gasteiger partial charge in [0.2, 0.25) is 10.0 Å². The Hall–Kier alpha value is -1.12. The minimum atomic E-state index is -4.01. The fourth-order valence-electron chi connectivity index (χ4n) is 1.37. The zero-order valence-corrected chi connectivity index (χ0v) is 12.9. The number of sulfonamides is 1. The lowest BCUT2D eigenvalue weighted by atomic mass is 10.2. The normalized spacial score (nSPS) is 11.2. The molecule has 0 aliphatic rings. The molecule has 6 nitrogen and oxygen atoms in total. The summed E-state index contributed by atoms with van der Waals surface area (Å²) in [5, 5.41) is 5.09. The largest absolute Gasteiger partial charge is 0.494 e. The third-order valence-electron chi connectivity index (χ3n) is 2.19. The van der Waals surface area contributed by atoms with Gasteiger partial charge in [0.05, 0.1) is 23.8 Å². The van der Waals surface area contributed by atoms with Crippen LogP contribution in [0.5, 0.6) is 5.75 Å². The number of ether oxygens (including phenoxy) is 2. The van der Waals surface area contributed by atoms with Crippen LogP contribution in [0, 0.1) is 0 Å². The molecule has 0 bridgehead atoms. The van der Waals surface area contributed by atoms with Crippen LogP contribution in [0.3, 0.4) is 0 Å². The molecule has 0 aliphatic carbocycles. The second-order valence-corrected chi connectivity index (χ2v) is 6.05. The van der Waals surface area contributed by atoms with Crippen molar-refractivity contribution in [2.24, 2.45) is 5.14 Å². The fourth-order valence-corrected chi connectivity index (χ4v) is 2.87. The zero-order chi connectivity index (χ0) is 14.6. The summed E-state index contributed by atoms with van der Waals surface area (Å²) in [7, 11) is -2.70. The van der Waals surface area contributed by atoms with Gasteiger partial charge in [0.1, 0.15) is 4.90 Å². The highest BCUT2D eigenvalue weighted by Gasteiger charge is 2.21. The molecule has 1 rings (SSSR count). The van der Waals surface area contributed by atoms with Crippen molar-refractivity contribution in [2.45, 2.75) is 18.2 Å². The predicted octanol–water partition coefficient (Wildman–Crippen LogP) is 1.67.